The van der Waals surface area contributed by atoms with Crippen LogP contribution in [0.2, 0.25) is 12.6 Å². The van der Waals surface area contributed by atoms with Gasteiger partial charge in [-0.05, 0) is 6.04 Å². The van der Waals surface area contributed by atoms with Gasteiger partial charge in [-0.3, -0.25) is 0 Å². The van der Waals surface area contributed by atoms with E-state index >= 15 is 0 Å². The van der Waals surface area contributed by atoms with Gasteiger partial charge in [-0.15, -0.1) is 0 Å². The Morgan fingerprint density at radius 1 is 1.33 bits per heavy atom. The first-order valence-corrected chi connectivity index (χ1v) is 9.56. The number of rotatable bonds is 8. The summed E-state index contributed by atoms with van der Waals surface area (Å²) in [6, 6.07) is 1.24. The monoisotopic (exact) mass is 222 g/mol. The van der Waals surface area contributed by atoms with E-state index in [4.69, 9.17) is 8.23 Å². The highest BCUT2D eigenvalue weighted by Crippen LogP contribution is 2.06. The minimum atomic E-state index is -1.13. The fraction of sp³-hybridized carbons (Fsp3) is 1.00. The maximum atomic E-state index is 5.66. The summed E-state index contributed by atoms with van der Waals surface area (Å²) in [4.78, 5) is 0. The average Bonchev–Trinajstić information content (AvgIpc) is 2.10. The van der Waals surface area contributed by atoms with Gasteiger partial charge in [-0.1, -0.05) is 39.2 Å². The zero-order valence-corrected chi connectivity index (χ0v) is 13.2. The van der Waals surface area contributed by atoms with Gasteiger partial charge >= 0.3 is 0 Å². The molecule has 0 aromatic carbocycles. The molecular formula is C7H22O2Si3. The van der Waals surface area contributed by atoms with Crippen molar-refractivity contribution in [2.75, 3.05) is 0 Å². The number of hydrogen-bond acceptors (Lipinski definition) is 2. The third kappa shape index (κ3) is 7.23. The van der Waals surface area contributed by atoms with E-state index in [-0.39, 0.29) is 9.76 Å². The quantitative estimate of drug-likeness (QED) is 0.432. The molecule has 0 amide bonds. The van der Waals surface area contributed by atoms with Crippen molar-refractivity contribution in [1.29, 1.82) is 0 Å². The van der Waals surface area contributed by atoms with Crippen LogP contribution in [-0.2, 0) is 8.23 Å². The molecule has 1 unspecified atom stereocenters. The summed E-state index contributed by atoms with van der Waals surface area (Å²) in [5.74, 6) is 0. The van der Waals surface area contributed by atoms with Crippen LogP contribution in [0, 0.1) is 0 Å². The molecule has 0 saturated heterocycles. The number of hydrogen-bond donors (Lipinski definition) is 0. The second-order valence-corrected chi connectivity index (χ2v) is 8.20. The fourth-order valence-corrected chi connectivity index (χ4v) is 6.68. The van der Waals surface area contributed by atoms with E-state index in [1.54, 1.807) is 0 Å². The topological polar surface area (TPSA) is 18.5 Å². The molecule has 0 fully saturated rings. The van der Waals surface area contributed by atoms with Crippen molar-refractivity contribution in [1.82, 2.24) is 0 Å². The van der Waals surface area contributed by atoms with E-state index in [9.17, 15) is 0 Å². The van der Waals surface area contributed by atoms with E-state index in [1.807, 2.05) is 0 Å². The minimum absolute atomic E-state index is 0.225. The van der Waals surface area contributed by atoms with Crippen LogP contribution in [0.1, 0.15) is 32.6 Å². The van der Waals surface area contributed by atoms with Gasteiger partial charge in [0.2, 0.25) is 0 Å². The third-order valence-corrected chi connectivity index (χ3v) is 7.71. The average molecular weight is 223 g/mol. The lowest BCUT2D eigenvalue weighted by Gasteiger charge is -2.13. The first kappa shape index (κ1) is 12.6. The van der Waals surface area contributed by atoms with Crippen LogP contribution in [0.3, 0.4) is 0 Å². The first-order valence-electron chi connectivity index (χ1n) is 4.99. The molecule has 0 spiro atoms. The Balaban J connectivity index is 3.19. The summed E-state index contributed by atoms with van der Waals surface area (Å²) in [5, 5.41) is 0. The summed E-state index contributed by atoms with van der Waals surface area (Å²) in [7, 11) is -0.492. The molecule has 0 N–H and O–H groups in total. The van der Waals surface area contributed by atoms with Gasteiger partial charge in [0.15, 0.2) is 0 Å². The lowest BCUT2D eigenvalue weighted by atomic mass is 10.2. The van der Waals surface area contributed by atoms with Crippen molar-refractivity contribution in [2.45, 2.75) is 45.2 Å². The summed E-state index contributed by atoms with van der Waals surface area (Å²) in [6.07, 6.45) is 5.37. The smallest absolute Gasteiger partial charge is 0.299 e. The van der Waals surface area contributed by atoms with Gasteiger partial charge in [0.25, 0.3) is 9.28 Å². The molecule has 0 aromatic heterocycles. The first-order chi connectivity index (χ1) is 5.85. The predicted octanol–water partition coefficient (Wildman–Crippen LogP) is 0.233. The van der Waals surface area contributed by atoms with Crippen LogP contribution < -0.4 is 0 Å². The Morgan fingerprint density at radius 2 is 2.08 bits per heavy atom. The van der Waals surface area contributed by atoms with Crippen molar-refractivity contribution in [3.8, 4) is 0 Å². The van der Waals surface area contributed by atoms with Gasteiger partial charge < -0.3 is 8.23 Å². The molecule has 12 heavy (non-hydrogen) atoms. The largest absolute Gasteiger partial charge is 0.447 e. The van der Waals surface area contributed by atoms with Gasteiger partial charge in [0, 0.05) is 0 Å². The van der Waals surface area contributed by atoms with Gasteiger partial charge in [-0.25, -0.2) is 0 Å². The molecule has 2 nitrogen and oxygen atoms in total. The van der Waals surface area contributed by atoms with E-state index in [1.165, 1.54) is 31.7 Å². The zero-order chi connectivity index (χ0) is 9.23. The lowest BCUT2D eigenvalue weighted by molar-refractivity contribution is 0.456. The van der Waals surface area contributed by atoms with Crippen LogP contribution in [0.5, 0.6) is 0 Å². The van der Waals surface area contributed by atoms with Crippen LogP contribution >= 0.6 is 0 Å². The lowest BCUT2D eigenvalue weighted by Crippen LogP contribution is -2.22. The van der Waals surface area contributed by atoms with Crippen LogP contribution in [0.4, 0.5) is 0 Å². The van der Waals surface area contributed by atoms with Crippen molar-refractivity contribution in [3.05, 3.63) is 0 Å². The molecule has 0 bridgehead atoms. The Morgan fingerprint density at radius 3 is 2.58 bits per heavy atom. The van der Waals surface area contributed by atoms with E-state index < -0.39 is 9.28 Å². The maximum Gasteiger partial charge on any atom is 0.299 e. The van der Waals surface area contributed by atoms with Crippen molar-refractivity contribution < 1.29 is 8.23 Å². The highest BCUT2D eigenvalue weighted by atomic mass is 28.4. The summed E-state index contributed by atoms with van der Waals surface area (Å²) in [5.41, 5.74) is 0. The molecule has 0 aliphatic heterocycles. The summed E-state index contributed by atoms with van der Waals surface area (Å²) in [6.45, 7) is 4.43. The molecule has 0 rings (SSSR count). The SMILES string of the molecule is CCCCCC[SiH](O[SiH3])O[SiH2]C. The molecule has 0 heterocycles. The van der Waals surface area contributed by atoms with Crippen molar-refractivity contribution in [3.63, 3.8) is 0 Å². The predicted molar refractivity (Wildman–Crippen MR) is 62.6 cm³/mol. The second kappa shape index (κ2) is 9.66. The van der Waals surface area contributed by atoms with Gasteiger partial charge in [0.05, 0.1) is 0 Å². The molecule has 0 aliphatic rings. The Kier molecular flexibility index (Phi) is 10.1. The summed E-state index contributed by atoms with van der Waals surface area (Å²) < 4.78 is 11.1. The molecule has 5 heteroatoms. The third-order valence-electron chi connectivity index (χ3n) is 1.91. The molecule has 0 radical (unpaired) electrons. The Labute approximate surface area is 83.4 Å². The molecule has 74 valence electrons. The molecule has 1 atom stereocenters. The molecule has 0 aromatic rings. The highest BCUT2D eigenvalue weighted by Gasteiger charge is 2.07. The van der Waals surface area contributed by atoms with E-state index in [0.717, 1.165) is 10.5 Å². The van der Waals surface area contributed by atoms with Crippen LogP contribution in [0.15, 0.2) is 0 Å². The van der Waals surface area contributed by atoms with Crippen LogP contribution in [0.25, 0.3) is 0 Å². The maximum absolute atomic E-state index is 5.66. The van der Waals surface area contributed by atoms with E-state index in [0.29, 0.717) is 0 Å². The van der Waals surface area contributed by atoms with Gasteiger partial charge in [0.1, 0.15) is 20.2 Å². The number of unbranched alkanes of at least 4 members (excludes halogenated alkanes) is 3. The Bertz CT molecular complexity index is 92.7. The molecule has 0 aliphatic carbocycles. The minimum Gasteiger partial charge on any atom is -0.447 e. The molecular weight excluding hydrogens is 200 g/mol. The Hall–Kier alpha value is 0.571. The van der Waals surface area contributed by atoms with Crippen molar-refractivity contribution >= 4 is 29.5 Å². The second-order valence-electron chi connectivity index (χ2n) is 2.97. The van der Waals surface area contributed by atoms with Crippen LogP contribution in [-0.4, -0.2) is 29.5 Å². The van der Waals surface area contributed by atoms with Gasteiger partial charge in [-0.2, -0.15) is 0 Å². The summed E-state index contributed by atoms with van der Waals surface area (Å²) >= 11 is 0. The van der Waals surface area contributed by atoms with Crippen molar-refractivity contribution in [2.24, 2.45) is 0 Å². The molecule has 0 saturated carbocycles. The highest BCUT2D eigenvalue weighted by molar-refractivity contribution is 6.55. The zero-order valence-electron chi connectivity index (χ0n) is 8.64. The fourth-order valence-electron chi connectivity index (χ4n) is 1.19. The standard InChI is InChI=1S/C7H22O2Si3/c1-3-4-5-6-7-12(8-10)9-11-2/h12H,3-7,11H2,1-2,10H3. The van der Waals surface area contributed by atoms with E-state index in [2.05, 4.69) is 13.5 Å². The normalized spacial score (nSPS) is 14.5.